The average Bonchev–Trinajstić information content (AvgIpc) is 2.91. The number of aromatic nitrogens is 3. The fourth-order valence-corrected chi connectivity index (χ4v) is 1.81. The van der Waals surface area contributed by atoms with Gasteiger partial charge in [-0.05, 0) is 35.9 Å². The molecule has 1 aromatic carbocycles. The van der Waals surface area contributed by atoms with Crippen LogP contribution in [0.1, 0.15) is 11.4 Å². The first-order valence-electron chi connectivity index (χ1n) is 5.96. The van der Waals surface area contributed by atoms with Gasteiger partial charge in [0.25, 0.3) is 5.89 Å². The summed E-state index contributed by atoms with van der Waals surface area (Å²) in [5.41, 5.74) is 1.31. The van der Waals surface area contributed by atoms with Gasteiger partial charge < -0.3 is 14.7 Å². The van der Waals surface area contributed by atoms with Gasteiger partial charge in [-0.2, -0.15) is 4.98 Å². The summed E-state index contributed by atoms with van der Waals surface area (Å²) in [6, 6.07) is 7.85. The molecule has 100 valence electrons. The number of hydrogen-bond acceptors (Lipinski definition) is 6. The summed E-state index contributed by atoms with van der Waals surface area (Å²) in [5, 5.41) is 23.0. The quantitative estimate of drug-likeness (QED) is 0.708. The van der Waals surface area contributed by atoms with Crippen molar-refractivity contribution in [2.45, 2.75) is 6.42 Å². The molecule has 3 rings (SSSR count). The van der Waals surface area contributed by atoms with Gasteiger partial charge in [0, 0.05) is 18.8 Å². The molecular formula is C14H11N3O3. The number of aromatic hydroxyl groups is 2. The van der Waals surface area contributed by atoms with Crippen LogP contribution in [0.25, 0.3) is 11.5 Å². The highest BCUT2D eigenvalue weighted by Crippen LogP contribution is 2.31. The second kappa shape index (κ2) is 5.00. The van der Waals surface area contributed by atoms with E-state index in [1.807, 2.05) is 12.1 Å². The molecule has 6 nitrogen and oxygen atoms in total. The number of rotatable bonds is 3. The van der Waals surface area contributed by atoms with Crippen LogP contribution in [0.15, 0.2) is 47.2 Å². The molecule has 2 aromatic heterocycles. The molecule has 2 heterocycles. The Kier molecular flexibility index (Phi) is 3.04. The average molecular weight is 269 g/mol. The minimum Gasteiger partial charge on any atom is -0.508 e. The van der Waals surface area contributed by atoms with E-state index in [-0.39, 0.29) is 17.4 Å². The second-order valence-electron chi connectivity index (χ2n) is 4.25. The largest absolute Gasteiger partial charge is 0.508 e. The molecule has 0 saturated carbocycles. The Labute approximate surface area is 114 Å². The van der Waals surface area contributed by atoms with Crippen LogP contribution >= 0.6 is 0 Å². The highest BCUT2D eigenvalue weighted by molar-refractivity contribution is 5.64. The molecule has 0 aliphatic carbocycles. The lowest BCUT2D eigenvalue weighted by Gasteiger charge is -1.99. The van der Waals surface area contributed by atoms with Crippen LogP contribution in [0.3, 0.4) is 0 Å². The van der Waals surface area contributed by atoms with Crippen molar-refractivity contribution >= 4 is 0 Å². The first-order chi connectivity index (χ1) is 9.72. The van der Waals surface area contributed by atoms with Gasteiger partial charge in [-0.15, -0.1) is 0 Å². The molecule has 6 heteroatoms. The molecule has 0 aliphatic heterocycles. The lowest BCUT2D eigenvalue weighted by atomic mass is 10.2. The molecule has 0 bridgehead atoms. The van der Waals surface area contributed by atoms with Gasteiger partial charge in [0.15, 0.2) is 5.82 Å². The predicted molar refractivity (Wildman–Crippen MR) is 70.1 cm³/mol. The second-order valence-corrected chi connectivity index (χ2v) is 4.25. The third-order valence-corrected chi connectivity index (χ3v) is 2.79. The number of phenolic OH excluding ortho intramolecular Hbond substituents is 2. The maximum atomic E-state index is 9.74. The molecule has 0 radical (unpaired) electrons. The van der Waals surface area contributed by atoms with E-state index in [9.17, 15) is 10.2 Å². The lowest BCUT2D eigenvalue weighted by Crippen LogP contribution is -1.90. The summed E-state index contributed by atoms with van der Waals surface area (Å²) in [5.74, 6) is 0.657. The van der Waals surface area contributed by atoms with Crippen molar-refractivity contribution in [3.8, 4) is 23.0 Å². The Morgan fingerprint density at radius 1 is 1.05 bits per heavy atom. The van der Waals surface area contributed by atoms with Crippen LogP contribution in [0.4, 0.5) is 0 Å². The van der Waals surface area contributed by atoms with E-state index in [0.717, 1.165) is 5.56 Å². The fraction of sp³-hybridized carbons (Fsp3) is 0.0714. The van der Waals surface area contributed by atoms with Crippen LogP contribution in [0.2, 0.25) is 0 Å². The van der Waals surface area contributed by atoms with E-state index in [1.54, 1.807) is 12.4 Å². The third kappa shape index (κ3) is 2.44. The van der Waals surface area contributed by atoms with Gasteiger partial charge in [-0.3, -0.25) is 4.98 Å². The molecule has 0 spiro atoms. The van der Waals surface area contributed by atoms with E-state index >= 15 is 0 Å². The van der Waals surface area contributed by atoms with Gasteiger partial charge in [-0.25, -0.2) is 0 Å². The lowest BCUT2D eigenvalue weighted by molar-refractivity contribution is 0.417. The molecule has 0 saturated heterocycles. The Hall–Kier alpha value is -2.89. The van der Waals surface area contributed by atoms with E-state index in [4.69, 9.17) is 4.52 Å². The summed E-state index contributed by atoms with van der Waals surface area (Å²) < 4.78 is 5.11. The highest BCUT2D eigenvalue weighted by atomic mass is 16.5. The van der Waals surface area contributed by atoms with Gasteiger partial charge in [0.05, 0.1) is 5.56 Å². The van der Waals surface area contributed by atoms with Crippen LogP contribution < -0.4 is 0 Å². The van der Waals surface area contributed by atoms with Crippen molar-refractivity contribution in [3.05, 3.63) is 54.1 Å². The minimum atomic E-state index is -0.0260. The van der Waals surface area contributed by atoms with Crippen LogP contribution in [-0.4, -0.2) is 25.3 Å². The molecule has 0 unspecified atom stereocenters. The number of pyridine rings is 1. The van der Waals surface area contributed by atoms with Gasteiger partial charge in [-0.1, -0.05) is 5.16 Å². The van der Waals surface area contributed by atoms with Crippen LogP contribution in [0, 0.1) is 0 Å². The highest BCUT2D eigenvalue weighted by Gasteiger charge is 2.13. The summed E-state index contributed by atoms with van der Waals surface area (Å²) in [7, 11) is 0. The SMILES string of the molecule is Oc1ccc(O)c(-c2nc(Cc3ccncc3)no2)c1. The Bertz CT molecular complexity index is 726. The third-order valence-electron chi connectivity index (χ3n) is 2.79. The zero-order valence-electron chi connectivity index (χ0n) is 10.4. The molecular weight excluding hydrogens is 258 g/mol. The number of nitrogens with zero attached hydrogens (tertiary/aromatic N) is 3. The minimum absolute atomic E-state index is 0.0201. The van der Waals surface area contributed by atoms with Crippen molar-refractivity contribution in [1.29, 1.82) is 0 Å². The van der Waals surface area contributed by atoms with E-state index in [1.165, 1.54) is 18.2 Å². The maximum absolute atomic E-state index is 9.74. The Morgan fingerprint density at radius 2 is 1.85 bits per heavy atom. The molecule has 0 atom stereocenters. The monoisotopic (exact) mass is 269 g/mol. The summed E-state index contributed by atoms with van der Waals surface area (Å²) >= 11 is 0. The molecule has 20 heavy (non-hydrogen) atoms. The number of benzene rings is 1. The van der Waals surface area contributed by atoms with Crippen molar-refractivity contribution in [1.82, 2.24) is 15.1 Å². The molecule has 2 N–H and O–H groups in total. The van der Waals surface area contributed by atoms with E-state index in [0.29, 0.717) is 17.8 Å². The zero-order valence-corrected chi connectivity index (χ0v) is 10.4. The Morgan fingerprint density at radius 3 is 2.65 bits per heavy atom. The normalized spacial score (nSPS) is 10.6. The maximum Gasteiger partial charge on any atom is 0.261 e. The Balaban J connectivity index is 1.88. The predicted octanol–water partition coefficient (Wildman–Crippen LogP) is 2.13. The topological polar surface area (TPSA) is 92.3 Å². The fourth-order valence-electron chi connectivity index (χ4n) is 1.81. The van der Waals surface area contributed by atoms with Gasteiger partial charge in [0.2, 0.25) is 0 Å². The molecule has 3 aromatic rings. The molecule has 0 fully saturated rings. The molecule has 0 amide bonds. The van der Waals surface area contributed by atoms with Crippen molar-refractivity contribution in [3.63, 3.8) is 0 Å². The smallest absolute Gasteiger partial charge is 0.261 e. The van der Waals surface area contributed by atoms with E-state index in [2.05, 4.69) is 15.1 Å². The summed E-state index contributed by atoms with van der Waals surface area (Å²) in [4.78, 5) is 8.14. The first-order valence-corrected chi connectivity index (χ1v) is 5.96. The summed E-state index contributed by atoms with van der Waals surface area (Å²) in [6.45, 7) is 0. The van der Waals surface area contributed by atoms with Crippen LogP contribution in [-0.2, 0) is 6.42 Å². The molecule has 0 aliphatic rings. The van der Waals surface area contributed by atoms with Crippen LogP contribution in [0.5, 0.6) is 11.5 Å². The first kappa shape index (κ1) is 12.2. The standard InChI is InChI=1S/C14H11N3O3/c18-10-1-2-12(19)11(8-10)14-16-13(17-20-14)7-9-3-5-15-6-4-9/h1-6,8,18-19H,7H2. The number of phenols is 2. The zero-order chi connectivity index (χ0) is 13.9. The van der Waals surface area contributed by atoms with Gasteiger partial charge in [0.1, 0.15) is 11.5 Å². The number of hydrogen-bond donors (Lipinski definition) is 2. The van der Waals surface area contributed by atoms with E-state index < -0.39 is 0 Å². The van der Waals surface area contributed by atoms with Crippen molar-refractivity contribution in [2.24, 2.45) is 0 Å². The van der Waals surface area contributed by atoms with Gasteiger partial charge >= 0.3 is 0 Å². The van der Waals surface area contributed by atoms with Crippen molar-refractivity contribution < 1.29 is 14.7 Å². The van der Waals surface area contributed by atoms with Crippen molar-refractivity contribution in [2.75, 3.05) is 0 Å². The summed E-state index contributed by atoms with van der Waals surface area (Å²) in [6.07, 6.45) is 3.89.